The Morgan fingerprint density at radius 3 is 2.87 bits per heavy atom. The second kappa shape index (κ2) is 7.94. The van der Waals surface area contributed by atoms with E-state index in [4.69, 9.17) is 0 Å². The number of thiophene rings is 1. The molecule has 2 heterocycles. The first-order valence-electron chi connectivity index (χ1n) is 7.40. The number of fused-ring (bicyclic) bond motifs is 1. The number of rotatable bonds is 6. The van der Waals surface area contributed by atoms with Crippen LogP contribution < -0.4 is 16.0 Å². The summed E-state index contributed by atoms with van der Waals surface area (Å²) in [5, 5.41) is 15.1. The van der Waals surface area contributed by atoms with E-state index >= 15 is 0 Å². The molecule has 23 heavy (non-hydrogen) atoms. The van der Waals surface area contributed by atoms with Gasteiger partial charge in [0.1, 0.15) is 0 Å². The van der Waals surface area contributed by atoms with Gasteiger partial charge in [-0.15, -0.1) is 0 Å². The second-order valence-corrected chi connectivity index (χ2v) is 6.71. The molecule has 0 amide bonds. The maximum absolute atomic E-state index is 4.55. The lowest BCUT2D eigenvalue weighted by molar-refractivity contribution is 0.814. The third kappa shape index (κ3) is 4.43. The third-order valence-electron chi connectivity index (χ3n) is 3.25. The minimum absolute atomic E-state index is 0.777. The second-order valence-electron chi connectivity index (χ2n) is 4.90. The summed E-state index contributed by atoms with van der Waals surface area (Å²) >= 11 is 3.38. The molecule has 2 aromatic heterocycles. The summed E-state index contributed by atoms with van der Waals surface area (Å²) < 4.78 is 1.20. The molecule has 0 bridgehead atoms. The Morgan fingerprint density at radius 1 is 1.17 bits per heavy atom. The smallest absolute Gasteiger partial charge is 0.191 e. The number of para-hydroxylation sites is 1. The summed E-state index contributed by atoms with van der Waals surface area (Å²) in [7, 11) is 1.78. The van der Waals surface area contributed by atoms with Crippen LogP contribution in [-0.2, 0) is 6.54 Å². The predicted octanol–water partition coefficient (Wildman–Crippen LogP) is 3.13. The molecule has 3 rings (SSSR count). The van der Waals surface area contributed by atoms with Crippen LogP contribution in [0.25, 0.3) is 10.2 Å². The molecular formula is C16H19N5S2. The standard InChI is InChI=1S/C16H19N5S2/c1-17-15(20-10-12-6-9-22-11-12)18-7-8-19-16-21-13-4-2-3-5-14(13)23-16/h2-6,9,11H,7-8,10H2,1H3,(H,19,21)(H2,17,18,20). The average molecular weight is 345 g/mol. The van der Waals surface area contributed by atoms with Crippen molar-refractivity contribution in [3.05, 3.63) is 46.7 Å². The molecule has 0 aliphatic carbocycles. The summed E-state index contributed by atoms with van der Waals surface area (Å²) in [5.74, 6) is 0.808. The highest BCUT2D eigenvalue weighted by Gasteiger charge is 2.02. The van der Waals surface area contributed by atoms with E-state index in [2.05, 4.69) is 48.8 Å². The lowest BCUT2D eigenvalue weighted by atomic mass is 10.3. The van der Waals surface area contributed by atoms with Gasteiger partial charge in [0.2, 0.25) is 0 Å². The van der Waals surface area contributed by atoms with Gasteiger partial charge < -0.3 is 16.0 Å². The molecule has 0 fully saturated rings. The molecule has 0 saturated heterocycles. The summed E-state index contributed by atoms with van der Waals surface area (Å²) in [6.45, 7) is 2.35. The van der Waals surface area contributed by atoms with Crippen molar-refractivity contribution in [1.82, 2.24) is 15.6 Å². The van der Waals surface area contributed by atoms with Gasteiger partial charge in [-0.2, -0.15) is 11.3 Å². The first-order chi connectivity index (χ1) is 11.3. The minimum Gasteiger partial charge on any atom is -0.360 e. The molecule has 0 saturated carbocycles. The number of hydrogen-bond donors (Lipinski definition) is 3. The van der Waals surface area contributed by atoms with E-state index in [-0.39, 0.29) is 0 Å². The molecule has 5 nitrogen and oxygen atoms in total. The molecule has 0 spiro atoms. The molecule has 3 N–H and O–H groups in total. The Hall–Kier alpha value is -2.12. The summed E-state index contributed by atoms with van der Waals surface area (Å²) in [4.78, 5) is 8.78. The molecule has 0 atom stereocenters. The van der Waals surface area contributed by atoms with Crippen molar-refractivity contribution in [3.8, 4) is 0 Å². The maximum Gasteiger partial charge on any atom is 0.191 e. The van der Waals surface area contributed by atoms with Gasteiger partial charge in [0.15, 0.2) is 11.1 Å². The predicted molar refractivity (Wildman–Crippen MR) is 101 cm³/mol. The Balaban J connectivity index is 1.41. The zero-order chi connectivity index (χ0) is 15.9. The van der Waals surface area contributed by atoms with E-state index < -0.39 is 0 Å². The Labute approximate surface area is 143 Å². The van der Waals surface area contributed by atoms with Crippen molar-refractivity contribution >= 4 is 44.0 Å². The van der Waals surface area contributed by atoms with Crippen LogP contribution in [0.1, 0.15) is 5.56 Å². The largest absolute Gasteiger partial charge is 0.360 e. The first kappa shape index (κ1) is 15.8. The number of hydrogen-bond acceptors (Lipinski definition) is 5. The Bertz CT molecular complexity index is 731. The van der Waals surface area contributed by atoms with Gasteiger partial charge in [-0.1, -0.05) is 23.5 Å². The van der Waals surface area contributed by atoms with Gasteiger partial charge in [-0.3, -0.25) is 4.99 Å². The fourth-order valence-corrected chi connectivity index (χ4v) is 3.66. The van der Waals surface area contributed by atoms with E-state index in [1.165, 1.54) is 10.3 Å². The fraction of sp³-hybridized carbons (Fsp3) is 0.250. The quantitative estimate of drug-likeness (QED) is 0.365. The van der Waals surface area contributed by atoms with Crippen LogP contribution >= 0.6 is 22.7 Å². The summed E-state index contributed by atoms with van der Waals surface area (Å²) in [5.41, 5.74) is 2.31. The zero-order valence-corrected chi connectivity index (χ0v) is 14.5. The molecule has 0 aliphatic heterocycles. The molecule has 7 heteroatoms. The van der Waals surface area contributed by atoms with Crippen molar-refractivity contribution < 1.29 is 0 Å². The van der Waals surface area contributed by atoms with Crippen LogP contribution in [0, 0.1) is 0 Å². The van der Waals surface area contributed by atoms with Crippen LogP contribution in [0.2, 0.25) is 0 Å². The van der Waals surface area contributed by atoms with Crippen LogP contribution in [0.15, 0.2) is 46.1 Å². The van der Waals surface area contributed by atoms with Crippen molar-refractivity contribution in [2.75, 3.05) is 25.5 Å². The van der Waals surface area contributed by atoms with Crippen molar-refractivity contribution in [1.29, 1.82) is 0 Å². The van der Waals surface area contributed by atoms with E-state index in [1.54, 1.807) is 29.7 Å². The van der Waals surface area contributed by atoms with E-state index in [1.807, 2.05) is 18.2 Å². The number of nitrogens with one attached hydrogen (secondary N) is 3. The van der Waals surface area contributed by atoms with Gasteiger partial charge in [0, 0.05) is 26.7 Å². The van der Waals surface area contributed by atoms with Crippen LogP contribution in [-0.4, -0.2) is 31.1 Å². The third-order valence-corrected chi connectivity index (χ3v) is 4.98. The van der Waals surface area contributed by atoms with E-state index in [0.717, 1.165) is 36.2 Å². The fourth-order valence-electron chi connectivity index (χ4n) is 2.10. The molecule has 0 radical (unpaired) electrons. The van der Waals surface area contributed by atoms with E-state index in [0.29, 0.717) is 0 Å². The lowest BCUT2D eigenvalue weighted by Crippen LogP contribution is -2.39. The highest BCUT2D eigenvalue weighted by atomic mass is 32.1. The van der Waals surface area contributed by atoms with Crippen LogP contribution in [0.3, 0.4) is 0 Å². The van der Waals surface area contributed by atoms with Gasteiger partial charge in [0.05, 0.1) is 10.2 Å². The van der Waals surface area contributed by atoms with Gasteiger partial charge in [0.25, 0.3) is 0 Å². The number of anilines is 1. The number of aromatic nitrogens is 1. The minimum atomic E-state index is 0.777. The Morgan fingerprint density at radius 2 is 2.09 bits per heavy atom. The SMILES string of the molecule is CN=C(NCCNc1nc2ccccc2s1)NCc1ccsc1. The highest BCUT2D eigenvalue weighted by Crippen LogP contribution is 2.24. The number of benzene rings is 1. The molecule has 0 aliphatic rings. The Kier molecular flexibility index (Phi) is 5.44. The first-order valence-corrected chi connectivity index (χ1v) is 9.16. The van der Waals surface area contributed by atoms with Gasteiger partial charge in [-0.05, 0) is 34.5 Å². The summed E-state index contributed by atoms with van der Waals surface area (Å²) in [6.07, 6.45) is 0. The van der Waals surface area contributed by atoms with Crippen molar-refractivity contribution in [3.63, 3.8) is 0 Å². The molecule has 3 aromatic rings. The van der Waals surface area contributed by atoms with Gasteiger partial charge >= 0.3 is 0 Å². The number of nitrogens with zero attached hydrogens (tertiary/aromatic N) is 2. The monoisotopic (exact) mass is 345 g/mol. The van der Waals surface area contributed by atoms with Crippen LogP contribution in [0.4, 0.5) is 5.13 Å². The molecular weight excluding hydrogens is 326 g/mol. The van der Waals surface area contributed by atoms with Crippen molar-refractivity contribution in [2.45, 2.75) is 6.54 Å². The number of guanidine groups is 1. The normalized spacial score (nSPS) is 11.6. The molecule has 120 valence electrons. The molecule has 1 aromatic carbocycles. The molecule has 0 unspecified atom stereocenters. The summed E-state index contributed by atoms with van der Waals surface area (Å²) in [6, 6.07) is 10.3. The van der Waals surface area contributed by atoms with Crippen molar-refractivity contribution in [2.24, 2.45) is 4.99 Å². The average Bonchev–Trinajstić information content (AvgIpc) is 3.23. The van der Waals surface area contributed by atoms with Crippen LogP contribution in [0.5, 0.6) is 0 Å². The lowest BCUT2D eigenvalue weighted by Gasteiger charge is -2.11. The zero-order valence-electron chi connectivity index (χ0n) is 12.9. The number of aliphatic imine (C=N–C) groups is 1. The number of thiazole rings is 1. The van der Waals surface area contributed by atoms with E-state index in [9.17, 15) is 0 Å². The maximum atomic E-state index is 4.55. The topological polar surface area (TPSA) is 61.3 Å². The van der Waals surface area contributed by atoms with Gasteiger partial charge in [-0.25, -0.2) is 4.98 Å². The highest BCUT2D eigenvalue weighted by molar-refractivity contribution is 7.22.